The molecular formula is C26H17BrClF3N2O5. The molecule has 12 heteroatoms. The number of ether oxygens (including phenoxy) is 2. The van der Waals surface area contributed by atoms with Crippen molar-refractivity contribution < 1.29 is 37.0 Å². The van der Waals surface area contributed by atoms with Crippen LogP contribution in [0.2, 0.25) is 5.02 Å². The van der Waals surface area contributed by atoms with Crippen molar-refractivity contribution in [2.45, 2.75) is 12.8 Å². The van der Waals surface area contributed by atoms with Gasteiger partial charge in [-0.25, -0.2) is 9.69 Å². The van der Waals surface area contributed by atoms with Crippen LogP contribution in [0.5, 0.6) is 11.5 Å². The molecule has 38 heavy (non-hydrogen) atoms. The molecule has 1 heterocycles. The normalized spacial score (nSPS) is 15.1. The van der Waals surface area contributed by atoms with Crippen molar-refractivity contribution in [3.8, 4) is 11.5 Å². The van der Waals surface area contributed by atoms with Crippen molar-refractivity contribution >= 4 is 57.1 Å². The molecule has 0 aliphatic carbocycles. The fourth-order valence-electron chi connectivity index (χ4n) is 3.52. The molecular weight excluding hydrogens is 593 g/mol. The first-order valence-electron chi connectivity index (χ1n) is 10.8. The summed E-state index contributed by atoms with van der Waals surface area (Å²) in [6.07, 6.45) is -3.58. The van der Waals surface area contributed by atoms with E-state index in [0.717, 1.165) is 16.1 Å². The Morgan fingerprint density at radius 1 is 1.03 bits per heavy atom. The molecule has 4 amide bonds. The molecule has 0 unspecified atom stereocenters. The zero-order valence-electron chi connectivity index (χ0n) is 19.4. The van der Waals surface area contributed by atoms with Gasteiger partial charge in [-0.2, -0.15) is 13.2 Å². The second-order valence-corrected chi connectivity index (χ2v) is 9.26. The molecule has 3 aromatic carbocycles. The minimum absolute atomic E-state index is 0.140. The third-order valence-corrected chi connectivity index (χ3v) is 6.29. The lowest BCUT2D eigenvalue weighted by atomic mass is 10.0. The van der Waals surface area contributed by atoms with Crippen molar-refractivity contribution in [3.05, 3.63) is 92.4 Å². The van der Waals surface area contributed by atoms with Crippen LogP contribution in [0.1, 0.15) is 16.7 Å². The Labute approximate surface area is 227 Å². The van der Waals surface area contributed by atoms with Crippen LogP contribution in [0.3, 0.4) is 0 Å². The number of nitrogens with zero attached hydrogens (tertiary/aromatic N) is 1. The van der Waals surface area contributed by atoms with Gasteiger partial charge in [0.2, 0.25) is 0 Å². The van der Waals surface area contributed by atoms with Crippen LogP contribution in [0.15, 0.2) is 70.7 Å². The van der Waals surface area contributed by atoms with Crippen LogP contribution >= 0.6 is 27.5 Å². The van der Waals surface area contributed by atoms with Gasteiger partial charge in [0.15, 0.2) is 0 Å². The van der Waals surface area contributed by atoms with E-state index in [9.17, 15) is 27.6 Å². The molecule has 0 spiro atoms. The number of rotatable bonds is 6. The minimum atomic E-state index is -4.76. The van der Waals surface area contributed by atoms with Crippen LogP contribution < -0.4 is 19.7 Å². The number of carbonyl (C=O) groups is 3. The molecule has 0 bridgehead atoms. The summed E-state index contributed by atoms with van der Waals surface area (Å²) in [4.78, 5) is 38.8. The first-order valence-corrected chi connectivity index (χ1v) is 12.0. The minimum Gasteiger partial charge on any atom is -0.497 e. The number of nitrogens with one attached hydrogen (secondary N) is 1. The quantitative estimate of drug-likeness (QED) is 0.259. The van der Waals surface area contributed by atoms with Gasteiger partial charge in [-0.3, -0.25) is 14.9 Å². The summed E-state index contributed by atoms with van der Waals surface area (Å²) in [6, 6.07) is 12.9. The van der Waals surface area contributed by atoms with Crippen molar-refractivity contribution in [1.29, 1.82) is 0 Å². The largest absolute Gasteiger partial charge is 0.497 e. The Kier molecular flexibility index (Phi) is 7.79. The maximum absolute atomic E-state index is 13.3. The van der Waals surface area contributed by atoms with Gasteiger partial charge < -0.3 is 9.47 Å². The lowest BCUT2D eigenvalue weighted by Gasteiger charge is -2.27. The Balaban J connectivity index is 1.72. The van der Waals surface area contributed by atoms with E-state index in [1.165, 1.54) is 19.3 Å². The molecule has 7 nitrogen and oxygen atoms in total. The predicted octanol–water partition coefficient (Wildman–Crippen LogP) is 6.38. The van der Waals surface area contributed by atoms with E-state index in [2.05, 4.69) is 15.9 Å². The molecule has 1 aliphatic heterocycles. The molecule has 0 radical (unpaired) electrons. The second-order valence-electron chi connectivity index (χ2n) is 7.94. The summed E-state index contributed by atoms with van der Waals surface area (Å²) in [5.74, 6) is -1.51. The van der Waals surface area contributed by atoms with Crippen molar-refractivity contribution in [3.63, 3.8) is 0 Å². The van der Waals surface area contributed by atoms with Crippen molar-refractivity contribution in [1.82, 2.24) is 5.32 Å². The van der Waals surface area contributed by atoms with Crippen molar-refractivity contribution in [2.24, 2.45) is 0 Å². The van der Waals surface area contributed by atoms with Crippen LogP contribution in [0, 0.1) is 0 Å². The number of hydrogen-bond acceptors (Lipinski definition) is 5. The van der Waals surface area contributed by atoms with Gasteiger partial charge in [0.05, 0.1) is 23.4 Å². The monoisotopic (exact) mass is 608 g/mol. The van der Waals surface area contributed by atoms with E-state index in [1.807, 2.05) is 29.6 Å². The van der Waals surface area contributed by atoms with Gasteiger partial charge in [-0.15, -0.1) is 0 Å². The SMILES string of the molecule is COc1ccc(/C=C2/C(=O)NC(=O)N(c3cc(C(F)(F)F)ccc3Cl)C2=O)c(OCc2ccc(Br)cc2)c1. The summed E-state index contributed by atoms with van der Waals surface area (Å²) in [5.41, 5.74) is -1.05. The van der Waals surface area contributed by atoms with E-state index in [4.69, 9.17) is 21.1 Å². The molecule has 1 aliphatic rings. The number of amides is 4. The predicted molar refractivity (Wildman–Crippen MR) is 137 cm³/mol. The average molecular weight is 610 g/mol. The van der Waals surface area contributed by atoms with Crippen LogP contribution in [-0.4, -0.2) is 25.0 Å². The molecule has 1 fully saturated rings. The zero-order valence-corrected chi connectivity index (χ0v) is 21.8. The molecule has 196 valence electrons. The lowest BCUT2D eigenvalue weighted by molar-refractivity contribution is -0.137. The number of alkyl halides is 3. The summed E-state index contributed by atoms with van der Waals surface area (Å²) in [7, 11) is 1.45. The number of benzene rings is 3. The fraction of sp³-hybridized carbons (Fsp3) is 0.115. The highest BCUT2D eigenvalue weighted by atomic mass is 79.9. The molecule has 0 saturated carbocycles. The van der Waals surface area contributed by atoms with E-state index < -0.39 is 40.8 Å². The van der Waals surface area contributed by atoms with Crippen LogP contribution in [0.4, 0.5) is 23.7 Å². The number of halogens is 5. The average Bonchev–Trinajstić information content (AvgIpc) is 2.86. The summed E-state index contributed by atoms with van der Waals surface area (Å²) >= 11 is 9.40. The molecule has 0 aromatic heterocycles. The smallest absolute Gasteiger partial charge is 0.416 e. The first kappa shape index (κ1) is 27.2. The van der Waals surface area contributed by atoms with Gasteiger partial charge in [0, 0.05) is 16.1 Å². The number of barbiturate groups is 1. The Morgan fingerprint density at radius 2 is 1.74 bits per heavy atom. The third kappa shape index (κ3) is 5.84. The maximum atomic E-state index is 13.3. The number of carbonyl (C=O) groups excluding carboxylic acids is 3. The molecule has 3 aromatic rings. The lowest BCUT2D eigenvalue weighted by Crippen LogP contribution is -2.54. The van der Waals surface area contributed by atoms with Crippen LogP contribution in [0.25, 0.3) is 6.08 Å². The highest BCUT2D eigenvalue weighted by Crippen LogP contribution is 2.37. The Hall–Kier alpha value is -3.83. The zero-order chi connectivity index (χ0) is 27.6. The standard InChI is InChI=1S/C26H17BrClF3N2O5/c1-37-18-8-4-15(22(12-18)38-13-14-2-6-17(27)7-3-14)10-19-23(34)32-25(36)33(24(19)35)21-11-16(26(29,30)31)5-9-20(21)28/h2-12H,13H2,1H3,(H,32,34,36)/b19-10-. The van der Waals surface area contributed by atoms with Gasteiger partial charge in [-0.05, 0) is 54.1 Å². The number of imide groups is 2. The first-order chi connectivity index (χ1) is 18.0. The molecule has 4 rings (SSSR count). The van der Waals surface area contributed by atoms with Gasteiger partial charge in [-0.1, -0.05) is 39.7 Å². The van der Waals surface area contributed by atoms with Gasteiger partial charge in [0.1, 0.15) is 23.7 Å². The Bertz CT molecular complexity index is 1460. The van der Waals surface area contributed by atoms with Gasteiger partial charge in [0.25, 0.3) is 11.8 Å². The summed E-state index contributed by atoms with van der Waals surface area (Å²) < 4.78 is 51.8. The Morgan fingerprint density at radius 3 is 2.39 bits per heavy atom. The van der Waals surface area contributed by atoms with E-state index in [0.29, 0.717) is 22.8 Å². The molecule has 1 N–H and O–H groups in total. The van der Waals surface area contributed by atoms with Crippen LogP contribution in [-0.2, 0) is 22.4 Å². The summed E-state index contributed by atoms with van der Waals surface area (Å²) in [5, 5.41) is 1.67. The maximum Gasteiger partial charge on any atom is 0.416 e. The topological polar surface area (TPSA) is 84.9 Å². The number of urea groups is 1. The molecule has 0 atom stereocenters. The molecule has 1 saturated heterocycles. The summed E-state index contributed by atoms with van der Waals surface area (Å²) in [6.45, 7) is 0.140. The van der Waals surface area contributed by atoms with E-state index in [1.54, 1.807) is 12.1 Å². The number of methoxy groups -OCH3 is 1. The highest BCUT2D eigenvalue weighted by Gasteiger charge is 2.39. The number of hydrogen-bond donors (Lipinski definition) is 1. The second kappa shape index (κ2) is 10.9. The van der Waals surface area contributed by atoms with Crippen molar-refractivity contribution in [2.75, 3.05) is 12.0 Å². The fourth-order valence-corrected chi connectivity index (χ4v) is 3.99. The number of anilines is 1. The third-order valence-electron chi connectivity index (χ3n) is 5.44. The van der Waals surface area contributed by atoms with E-state index >= 15 is 0 Å². The van der Waals surface area contributed by atoms with Gasteiger partial charge >= 0.3 is 12.2 Å². The highest BCUT2D eigenvalue weighted by molar-refractivity contribution is 9.10. The van der Waals surface area contributed by atoms with E-state index in [-0.39, 0.29) is 22.9 Å².